The molecule has 0 spiro atoms. The maximum atomic E-state index is 13.3. The van der Waals surface area contributed by atoms with Crippen LogP contribution in [0.15, 0.2) is 51.8 Å². The Balaban J connectivity index is 2.34. The number of benzene rings is 2. The van der Waals surface area contributed by atoms with Gasteiger partial charge in [0, 0.05) is 5.56 Å². The molecule has 0 unspecified atom stereocenters. The molecular formula is C14H11F2NO2S. The van der Waals surface area contributed by atoms with Crippen molar-refractivity contribution in [3.8, 4) is 0 Å². The van der Waals surface area contributed by atoms with Crippen molar-refractivity contribution in [2.75, 3.05) is 0 Å². The molecule has 0 aliphatic carbocycles. The first-order chi connectivity index (χ1) is 9.38. The summed E-state index contributed by atoms with van der Waals surface area (Å²) in [5, 5.41) is 0. The molecule has 6 heteroatoms. The highest BCUT2D eigenvalue weighted by Gasteiger charge is 2.11. The minimum Gasteiger partial charge on any atom is -0.207 e. The predicted molar refractivity (Wildman–Crippen MR) is 72.3 cm³/mol. The van der Waals surface area contributed by atoms with Crippen LogP contribution < -0.4 is 0 Å². The number of rotatable bonds is 3. The van der Waals surface area contributed by atoms with Crippen LogP contribution in [0.4, 0.5) is 8.78 Å². The van der Waals surface area contributed by atoms with Gasteiger partial charge in [-0.15, -0.1) is 0 Å². The summed E-state index contributed by atoms with van der Waals surface area (Å²) >= 11 is 0. The van der Waals surface area contributed by atoms with Crippen LogP contribution in [0.2, 0.25) is 0 Å². The Morgan fingerprint density at radius 2 is 1.70 bits per heavy atom. The van der Waals surface area contributed by atoms with Gasteiger partial charge in [0.1, 0.15) is 11.6 Å². The fourth-order valence-corrected chi connectivity index (χ4v) is 2.36. The molecule has 0 saturated carbocycles. The lowest BCUT2D eigenvalue weighted by Crippen LogP contribution is -1.99. The zero-order chi connectivity index (χ0) is 14.8. The van der Waals surface area contributed by atoms with E-state index in [-0.39, 0.29) is 10.5 Å². The highest BCUT2D eigenvalue weighted by Crippen LogP contribution is 2.14. The molecule has 0 bridgehead atoms. The van der Waals surface area contributed by atoms with Gasteiger partial charge in [-0.2, -0.15) is 12.8 Å². The third-order valence-electron chi connectivity index (χ3n) is 2.61. The Labute approximate surface area is 115 Å². The Morgan fingerprint density at radius 1 is 1.05 bits per heavy atom. The lowest BCUT2D eigenvalue weighted by Gasteiger charge is -2.00. The van der Waals surface area contributed by atoms with Gasteiger partial charge in [-0.3, -0.25) is 0 Å². The standard InChI is InChI=1S/C14H11F2NO2S/c1-10-2-5-13(6-3-10)20(18,19)17-9-11-8-12(15)4-7-14(11)16/h2-9H,1H3/b17-9+. The van der Waals surface area contributed by atoms with Gasteiger partial charge in [0.15, 0.2) is 0 Å². The molecule has 3 nitrogen and oxygen atoms in total. The molecule has 0 aromatic heterocycles. The van der Waals surface area contributed by atoms with Gasteiger partial charge >= 0.3 is 0 Å². The van der Waals surface area contributed by atoms with Crippen molar-refractivity contribution in [2.45, 2.75) is 11.8 Å². The second-order valence-corrected chi connectivity index (χ2v) is 5.82. The Hall–Kier alpha value is -2.08. The van der Waals surface area contributed by atoms with Gasteiger partial charge in [0.25, 0.3) is 10.0 Å². The molecule has 104 valence electrons. The minimum atomic E-state index is -3.92. The molecule has 0 amide bonds. The third kappa shape index (κ3) is 3.27. The molecule has 0 radical (unpaired) electrons. The van der Waals surface area contributed by atoms with E-state index in [0.29, 0.717) is 0 Å². The summed E-state index contributed by atoms with van der Waals surface area (Å²) in [6.07, 6.45) is 0.799. The Kier molecular flexibility index (Phi) is 3.94. The van der Waals surface area contributed by atoms with Gasteiger partial charge in [-0.1, -0.05) is 17.7 Å². The predicted octanol–water partition coefficient (Wildman–Crippen LogP) is 3.08. The molecule has 2 aromatic rings. The fourth-order valence-electron chi connectivity index (χ4n) is 1.51. The van der Waals surface area contributed by atoms with Crippen LogP contribution in [0.25, 0.3) is 0 Å². The van der Waals surface area contributed by atoms with Gasteiger partial charge in [0.2, 0.25) is 0 Å². The van der Waals surface area contributed by atoms with Crippen LogP contribution >= 0.6 is 0 Å². The van der Waals surface area contributed by atoms with Crippen molar-refractivity contribution >= 4 is 16.2 Å². The third-order valence-corrected chi connectivity index (χ3v) is 3.86. The lowest BCUT2D eigenvalue weighted by atomic mass is 10.2. The molecule has 0 heterocycles. The van der Waals surface area contributed by atoms with E-state index in [4.69, 9.17) is 0 Å². The van der Waals surface area contributed by atoms with E-state index in [9.17, 15) is 17.2 Å². The first-order valence-corrected chi connectivity index (χ1v) is 7.14. The Morgan fingerprint density at radius 3 is 2.35 bits per heavy atom. The van der Waals surface area contributed by atoms with E-state index in [2.05, 4.69) is 4.40 Å². The monoisotopic (exact) mass is 295 g/mol. The smallest absolute Gasteiger partial charge is 0.207 e. The highest BCUT2D eigenvalue weighted by atomic mass is 32.2. The topological polar surface area (TPSA) is 46.5 Å². The quantitative estimate of drug-likeness (QED) is 0.817. The normalized spacial score (nSPS) is 11.9. The average molecular weight is 295 g/mol. The van der Waals surface area contributed by atoms with Crippen molar-refractivity contribution in [1.82, 2.24) is 0 Å². The summed E-state index contributed by atoms with van der Waals surface area (Å²) in [5.74, 6) is -1.41. The first-order valence-electron chi connectivity index (χ1n) is 5.70. The molecule has 0 fully saturated rings. The minimum absolute atomic E-state index is 0.00355. The van der Waals surface area contributed by atoms with Crippen molar-refractivity contribution in [2.24, 2.45) is 4.40 Å². The van der Waals surface area contributed by atoms with Crippen LogP contribution in [0.5, 0.6) is 0 Å². The summed E-state index contributed by atoms with van der Waals surface area (Å²) in [6.45, 7) is 1.82. The fraction of sp³-hybridized carbons (Fsp3) is 0.0714. The van der Waals surface area contributed by atoms with Gasteiger partial charge < -0.3 is 0 Å². The molecule has 0 N–H and O–H groups in total. The Bertz CT molecular complexity index is 753. The van der Waals surface area contributed by atoms with Crippen LogP contribution in [-0.4, -0.2) is 14.6 Å². The maximum Gasteiger partial charge on any atom is 0.282 e. The molecular weight excluding hydrogens is 284 g/mol. The SMILES string of the molecule is Cc1ccc(S(=O)(=O)/N=C/c2cc(F)ccc2F)cc1. The van der Waals surface area contributed by atoms with E-state index in [1.807, 2.05) is 6.92 Å². The average Bonchev–Trinajstić information content (AvgIpc) is 2.40. The van der Waals surface area contributed by atoms with Crippen molar-refractivity contribution in [3.05, 3.63) is 65.2 Å². The molecule has 0 aliphatic heterocycles. The number of aryl methyl sites for hydroxylation is 1. The van der Waals surface area contributed by atoms with E-state index >= 15 is 0 Å². The molecule has 20 heavy (non-hydrogen) atoms. The van der Waals surface area contributed by atoms with Gasteiger partial charge in [-0.25, -0.2) is 8.78 Å². The van der Waals surface area contributed by atoms with Crippen LogP contribution in [0, 0.1) is 18.6 Å². The van der Waals surface area contributed by atoms with Gasteiger partial charge in [-0.05, 0) is 37.3 Å². The van der Waals surface area contributed by atoms with E-state index in [1.54, 1.807) is 12.1 Å². The van der Waals surface area contributed by atoms with Crippen LogP contribution in [0.1, 0.15) is 11.1 Å². The zero-order valence-electron chi connectivity index (χ0n) is 10.5. The van der Waals surface area contributed by atoms with Crippen molar-refractivity contribution < 1.29 is 17.2 Å². The summed E-state index contributed by atoms with van der Waals surface area (Å²) in [4.78, 5) is -0.00355. The second kappa shape index (κ2) is 5.50. The van der Waals surface area contributed by atoms with E-state index in [1.165, 1.54) is 12.1 Å². The molecule has 0 atom stereocenters. The molecule has 0 aliphatic rings. The molecule has 0 saturated heterocycles. The molecule has 2 rings (SSSR count). The zero-order valence-corrected chi connectivity index (χ0v) is 11.4. The summed E-state index contributed by atoms with van der Waals surface area (Å²) in [7, 11) is -3.92. The largest absolute Gasteiger partial charge is 0.282 e. The number of sulfonamides is 1. The number of halogens is 2. The van der Waals surface area contributed by atoms with Crippen molar-refractivity contribution in [1.29, 1.82) is 0 Å². The van der Waals surface area contributed by atoms with Crippen LogP contribution in [0.3, 0.4) is 0 Å². The number of hydrogen-bond acceptors (Lipinski definition) is 2. The lowest BCUT2D eigenvalue weighted by molar-refractivity contribution is 0.596. The second-order valence-electron chi connectivity index (χ2n) is 4.19. The van der Waals surface area contributed by atoms with Crippen LogP contribution in [-0.2, 0) is 10.0 Å². The summed E-state index contributed by atoms with van der Waals surface area (Å²) in [6, 6.07) is 8.81. The number of hydrogen-bond donors (Lipinski definition) is 0. The van der Waals surface area contributed by atoms with Gasteiger partial charge in [0.05, 0.1) is 11.1 Å². The number of nitrogens with zero attached hydrogens (tertiary/aromatic N) is 1. The van der Waals surface area contributed by atoms with E-state index in [0.717, 1.165) is 30.0 Å². The molecule has 2 aromatic carbocycles. The summed E-state index contributed by atoms with van der Waals surface area (Å²) in [5.41, 5.74) is 0.685. The van der Waals surface area contributed by atoms with Crippen molar-refractivity contribution in [3.63, 3.8) is 0 Å². The summed E-state index contributed by atoms with van der Waals surface area (Å²) < 4.78 is 53.5. The highest BCUT2D eigenvalue weighted by molar-refractivity contribution is 7.90. The maximum absolute atomic E-state index is 13.3. The van der Waals surface area contributed by atoms with E-state index < -0.39 is 21.7 Å². The first kappa shape index (κ1) is 14.3.